The van der Waals surface area contributed by atoms with Gasteiger partial charge in [0.2, 0.25) is 0 Å². The van der Waals surface area contributed by atoms with Gasteiger partial charge in [-0.1, -0.05) is 18.9 Å². The molecule has 2 aromatic heterocycles. The Labute approximate surface area is 169 Å². The first-order chi connectivity index (χ1) is 13.6. The number of nitrogens with zero attached hydrogens (tertiary/aromatic N) is 2. The molecule has 148 valence electrons. The molecule has 1 N–H and O–H groups in total. The quantitative estimate of drug-likeness (QED) is 0.592. The molecule has 0 saturated heterocycles. The maximum Gasteiger partial charge on any atom is 0.265 e. The van der Waals surface area contributed by atoms with Gasteiger partial charge in [-0.15, -0.1) is 11.3 Å². The third-order valence-electron chi connectivity index (χ3n) is 4.86. The Morgan fingerprint density at radius 3 is 2.61 bits per heavy atom. The fourth-order valence-corrected chi connectivity index (χ4v) is 5.50. The summed E-state index contributed by atoms with van der Waals surface area (Å²) in [7, 11) is -3.77. The molecule has 6 nitrogen and oxygen atoms in total. The molecule has 1 aromatic carbocycles. The molecular formula is C20H23N3O3S2. The zero-order valence-electron chi connectivity index (χ0n) is 15.7. The monoisotopic (exact) mass is 417 g/mol. The average Bonchev–Trinajstić information content (AvgIpc) is 3.43. The van der Waals surface area contributed by atoms with Crippen LogP contribution in [0.4, 0.5) is 5.69 Å². The topological polar surface area (TPSA) is 73.2 Å². The number of benzene rings is 1. The lowest BCUT2D eigenvalue weighted by Gasteiger charge is -2.09. The molecule has 0 aliphatic heterocycles. The second-order valence-electron chi connectivity index (χ2n) is 6.80. The maximum atomic E-state index is 13.2. The Morgan fingerprint density at radius 1 is 1.21 bits per heavy atom. The van der Waals surface area contributed by atoms with E-state index in [1.807, 2.05) is 29.1 Å². The number of anilines is 1. The van der Waals surface area contributed by atoms with Gasteiger partial charge in [0, 0.05) is 11.9 Å². The van der Waals surface area contributed by atoms with E-state index < -0.39 is 10.0 Å². The highest BCUT2D eigenvalue weighted by Crippen LogP contribution is 2.35. The first-order valence-electron chi connectivity index (χ1n) is 9.45. The molecule has 0 amide bonds. The SMILES string of the molecule is CCOc1ccc(NS(=O)(=O)c2cn(C3CCCC3)nc2-c2cccs2)cc1. The molecule has 1 aliphatic carbocycles. The molecule has 0 spiro atoms. The van der Waals surface area contributed by atoms with Gasteiger partial charge in [-0.3, -0.25) is 9.40 Å². The van der Waals surface area contributed by atoms with Crippen LogP contribution < -0.4 is 9.46 Å². The Hall–Kier alpha value is -2.32. The van der Waals surface area contributed by atoms with Gasteiger partial charge >= 0.3 is 0 Å². The Morgan fingerprint density at radius 2 is 1.96 bits per heavy atom. The molecule has 1 aliphatic rings. The second-order valence-corrected chi connectivity index (χ2v) is 9.40. The van der Waals surface area contributed by atoms with Crippen molar-refractivity contribution in [3.63, 3.8) is 0 Å². The van der Waals surface area contributed by atoms with Gasteiger partial charge in [0.25, 0.3) is 10.0 Å². The van der Waals surface area contributed by atoms with Gasteiger partial charge < -0.3 is 4.74 Å². The molecule has 1 fully saturated rings. The average molecular weight is 418 g/mol. The zero-order valence-corrected chi connectivity index (χ0v) is 17.3. The molecule has 1 saturated carbocycles. The van der Waals surface area contributed by atoms with E-state index in [0.717, 1.165) is 30.6 Å². The summed E-state index contributed by atoms with van der Waals surface area (Å²) < 4.78 is 36.3. The van der Waals surface area contributed by atoms with Crippen LogP contribution in [0.1, 0.15) is 38.6 Å². The van der Waals surface area contributed by atoms with E-state index in [9.17, 15) is 8.42 Å². The normalized spacial score (nSPS) is 15.0. The molecule has 3 aromatic rings. The van der Waals surface area contributed by atoms with Gasteiger partial charge in [-0.2, -0.15) is 5.10 Å². The van der Waals surface area contributed by atoms with Crippen LogP contribution in [0, 0.1) is 0 Å². The van der Waals surface area contributed by atoms with E-state index in [4.69, 9.17) is 4.74 Å². The highest BCUT2D eigenvalue weighted by molar-refractivity contribution is 7.92. The molecule has 2 heterocycles. The maximum absolute atomic E-state index is 13.2. The summed E-state index contributed by atoms with van der Waals surface area (Å²) in [5.41, 5.74) is 1.01. The molecule has 8 heteroatoms. The standard InChI is InChI=1S/C20H23N3O3S2/c1-2-26-17-11-9-15(10-12-17)22-28(24,25)19-14-23(16-6-3-4-7-16)21-20(19)18-8-5-13-27-18/h5,8-14,16,22H,2-4,6-7H2,1H3. The number of ether oxygens (including phenoxy) is 1. The van der Waals surface area contributed by atoms with Gasteiger partial charge in [-0.25, -0.2) is 8.42 Å². The summed E-state index contributed by atoms with van der Waals surface area (Å²) in [5, 5.41) is 6.60. The van der Waals surface area contributed by atoms with Crippen LogP contribution in [0.2, 0.25) is 0 Å². The lowest BCUT2D eigenvalue weighted by molar-refractivity contribution is 0.340. The molecule has 4 rings (SSSR count). The van der Waals surface area contributed by atoms with Crippen LogP contribution in [0.5, 0.6) is 5.75 Å². The Bertz CT molecular complexity index is 1020. The minimum atomic E-state index is -3.77. The molecule has 28 heavy (non-hydrogen) atoms. The summed E-state index contributed by atoms with van der Waals surface area (Å²) in [6, 6.07) is 11.0. The van der Waals surface area contributed by atoms with Crippen molar-refractivity contribution in [1.29, 1.82) is 0 Å². The van der Waals surface area contributed by atoms with Crippen molar-refractivity contribution in [3.05, 3.63) is 48.0 Å². The largest absolute Gasteiger partial charge is 0.494 e. The van der Waals surface area contributed by atoms with Crippen LogP contribution in [0.3, 0.4) is 0 Å². The summed E-state index contributed by atoms with van der Waals surface area (Å²) in [5.74, 6) is 0.707. The predicted molar refractivity (Wildman–Crippen MR) is 111 cm³/mol. The van der Waals surface area contributed by atoms with E-state index in [0.29, 0.717) is 23.7 Å². The minimum absolute atomic E-state index is 0.218. The van der Waals surface area contributed by atoms with Crippen LogP contribution in [0.15, 0.2) is 52.9 Å². The minimum Gasteiger partial charge on any atom is -0.494 e. The first-order valence-corrected chi connectivity index (χ1v) is 11.8. The lowest BCUT2D eigenvalue weighted by atomic mass is 10.3. The highest BCUT2D eigenvalue weighted by Gasteiger charge is 2.27. The summed E-state index contributed by atoms with van der Waals surface area (Å²) in [4.78, 5) is 1.07. The van der Waals surface area contributed by atoms with Gasteiger partial charge in [0.15, 0.2) is 0 Å². The van der Waals surface area contributed by atoms with Crippen molar-refractivity contribution in [2.45, 2.75) is 43.5 Å². The van der Waals surface area contributed by atoms with E-state index in [2.05, 4.69) is 9.82 Å². The number of aromatic nitrogens is 2. The van der Waals surface area contributed by atoms with E-state index >= 15 is 0 Å². The van der Waals surface area contributed by atoms with Gasteiger partial charge in [0.05, 0.1) is 17.5 Å². The molecular weight excluding hydrogens is 394 g/mol. The fraction of sp³-hybridized carbons (Fsp3) is 0.350. The number of rotatable bonds is 7. The number of nitrogens with one attached hydrogen (secondary N) is 1. The van der Waals surface area contributed by atoms with Crippen molar-refractivity contribution in [3.8, 4) is 16.3 Å². The van der Waals surface area contributed by atoms with Gasteiger partial charge in [-0.05, 0) is 55.5 Å². The first kappa shape index (κ1) is 19.0. The Balaban J connectivity index is 1.67. The van der Waals surface area contributed by atoms with Crippen LogP contribution in [-0.2, 0) is 10.0 Å². The van der Waals surface area contributed by atoms with E-state index in [1.54, 1.807) is 30.5 Å². The van der Waals surface area contributed by atoms with Crippen LogP contribution in [0.25, 0.3) is 10.6 Å². The smallest absolute Gasteiger partial charge is 0.265 e. The highest BCUT2D eigenvalue weighted by atomic mass is 32.2. The van der Waals surface area contributed by atoms with Crippen molar-refractivity contribution >= 4 is 27.0 Å². The summed E-state index contributed by atoms with van der Waals surface area (Å²) in [6.07, 6.45) is 6.08. The third-order valence-corrected chi connectivity index (χ3v) is 7.12. The number of thiophene rings is 1. The van der Waals surface area contributed by atoms with Crippen molar-refractivity contribution in [2.24, 2.45) is 0 Å². The molecule has 0 unspecified atom stereocenters. The van der Waals surface area contributed by atoms with Crippen molar-refractivity contribution in [1.82, 2.24) is 9.78 Å². The summed E-state index contributed by atoms with van der Waals surface area (Å²) >= 11 is 1.49. The number of hydrogen-bond donors (Lipinski definition) is 1. The van der Waals surface area contributed by atoms with E-state index in [-0.39, 0.29) is 10.9 Å². The van der Waals surface area contributed by atoms with Crippen molar-refractivity contribution in [2.75, 3.05) is 11.3 Å². The number of hydrogen-bond acceptors (Lipinski definition) is 5. The van der Waals surface area contributed by atoms with Gasteiger partial charge in [0.1, 0.15) is 16.3 Å². The zero-order chi connectivity index (χ0) is 19.6. The summed E-state index contributed by atoms with van der Waals surface area (Å²) in [6.45, 7) is 2.47. The second kappa shape index (κ2) is 7.97. The molecule has 0 bridgehead atoms. The Kier molecular flexibility index (Phi) is 5.41. The lowest BCUT2D eigenvalue weighted by Crippen LogP contribution is -2.13. The number of sulfonamides is 1. The fourth-order valence-electron chi connectivity index (χ4n) is 3.51. The predicted octanol–water partition coefficient (Wildman–Crippen LogP) is 4.93. The molecule has 0 radical (unpaired) electrons. The van der Waals surface area contributed by atoms with Crippen LogP contribution >= 0.6 is 11.3 Å². The van der Waals surface area contributed by atoms with E-state index in [1.165, 1.54) is 11.3 Å². The third kappa shape index (κ3) is 3.93. The molecule has 0 atom stereocenters. The van der Waals surface area contributed by atoms with Crippen LogP contribution in [-0.4, -0.2) is 24.8 Å². The van der Waals surface area contributed by atoms with Crippen molar-refractivity contribution < 1.29 is 13.2 Å².